The predicted molar refractivity (Wildman–Crippen MR) is 216 cm³/mol. The lowest BCUT2D eigenvalue weighted by Gasteiger charge is -2.44. The van der Waals surface area contributed by atoms with E-state index in [0.29, 0.717) is 12.8 Å². The van der Waals surface area contributed by atoms with E-state index in [4.69, 9.17) is 37.9 Å². The molecule has 0 bridgehead atoms. The van der Waals surface area contributed by atoms with E-state index >= 15 is 0 Å². The van der Waals surface area contributed by atoms with Gasteiger partial charge in [0.25, 0.3) is 0 Å². The maximum absolute atomic E-state index is 12.1. The molecule has 1 aliphatic rings. The van der Waals surface area contributed by atoms with Crippen molar-refractivity contribution in [3.8, 4) is 0 Å². The van der Waals surface area contributed by atoms with E-state index in [-0.39, 0.29) is 25.3 Å². The summed E-state index contributed by atoms with van der Waals surface area (Å²) in [7, 11) is 0. The zero-order chi connectivity index (χ0) is 43.1. The molecule has 1 heterocycles. The van der Waals surface area contributed by atoms with E-state index in [1.54, 1.807) is 0 Å². The van der Waals surface area contributed by atoms with Crippen molar-refractivity contribution in [2.75, 3.05) is 13.2 Å². The molecule has 1 fully saturated rings. The lowest BCUT2D eigenvalue weighted by atomic mass is 9.98. The molecule has 0 N–H and O–H groups in total. The highest BCUT2D eigenvalue weighted by Gasteiger charge is 2.52. The van der Waals surface area contributed by atoms with Crippen molar-refractivity contribution in [2.24, 2.45) is 0 Å². The van der Waals surface area contributed by atoms with Gasteiger partial charge in [0.1, 0.15) is 18.8 Å². The number of rotatable bonds is 33. The van der Waals surface area contributed by atoms with Gasteiger partial charge in [0.05, 0.1) is 12.7 Å². The van der Waals surface area contributed by atoms with Gasteiger partial charge in [-0.2, -0.15) is 0 Å². The number of unbranched alkanes of at least 4 members (excludes halogenated alkanes) is 18. The fourth-order valence-corrected chi connectivity index (χ4v) is 7.29. The third-order valence-corrected chi connectivity index (χ3v) is 10.0. The summed E-state index contributed by atoms with van der Waals surface area (Å²) in [5.41, 5.74) is 0. The van der Waals surface area contributed by atoms with Crippen molar-refractivity contribution in [1.82, 2.24) is 0 Å². The molecular weight excluding hydrogens is 752 g/mol. The molecule has 1 aliphatic heterocycles. The second kappa shape index (κ2) is 32.6. The standard InChI is InChI=1S/C44H76O14/c1-32(53-34(3)46)27-25-23-21-19-17-15-13-11-9-8-10-12-14-16-18-20-22-24-26-28-39(54-35(4)47)29-30-51-44-43(57-38(7)50)42(56-37(6)49)41(55-36(5)48)40(58-44)31-52-33(2)45/h32,39-44H,8-31H2,1-7H3/t32-,39-,40-,41-,42+,43-,44+/m1/s1. The fourth-order valence-electron chi connectivity index (χ4n) is 7.29. The highest BCUT2D eigenvalue weighted by atomic mass is 16.7. The lowest BCUT2D eigenvalue weighted by molar-refractivity contribution is -0.308. The Labute approximate surface area is 347 Å². The molecule has 0 aliphatic carbocycles. The van der Waals surface area contributed by atoms with Gasteiger partial charge in [-0.25, -0.2) is 0 Å². The second-order valence-corrected chi connectivity index (χ2v) is 15.7. The van der Waals surface area contributed by atoms with E-state index in [2.05, 4.69) is 0 Å². The number of carbonyl (C=O) groups excluding carboxylic acids is 6. The first-order valence-corrected chi connectivity index (χ1v) is 22.0. The Morgan fingerprint density at radius 3 is 1.26 bits per heavy atom. The van der Waals surface area contributed by atoms with Crippen LogP contribution >= 0.6 is 0 Å². The Kier molecular flexibility index (Phi) is 29.6. The van der Waals surface area contributed by atoms with Crippen molar-refractivity contribution in [3.63, 3.8) is 0 Å². The van der Waals surface area contributed by atoms with E-state index in [1.807, 2.05) is 6.92 Å². The van der Waals surface area contributed by atoms with Gasteiger partial charge in [0.2, 0.25) is 0 Å². The van der Waals surface area contributed by atoms with Crippen LogP contribution in [0.1, 0.15) is 190 Å². The van der Waals surface area contributed by atoms with Gasteiger partial charge in [-0.1, -0.05) is 109 Å². The molecule has 58 heavy (non-hydrogen) atoms. The predicted octanol–water partition coefficient (Wildman–Crippen LogP) is 8.55. The van der Waals surface area contributed by atoms with Crippen LogP contribution in [0.3, 0.4) is 0 Å². The molecule has 0 aromatic carbocycles. The third-order valence-electron chi connectivity index (χ3n) is 10.0. The van der Waals surface area contributed by atoms with Gasteiger partial charge < -0.3 is 37.9 Å². The van der Waals surface area contributed by atoms with Crippen molar-refractivity contribution in [2.45, 2.75) is 233 Å². The maximum Gasteiger partial charge on any atom is 0.303 e. The first-order valence-electron chi connectivity index (χ1n) is 22.0. The molecular formula is C44H76O14. The molecule has 14 heteroatoms. The molecule has 14 nitrogen and oxygen atoms in total. The monoisotopic (exact) mass is 829 g/mol. The summed E-state index contributed by atoms with van der Waals surface area (Å²) in [6.45, 7) is 9.17. The molecule has 0 unspecified atom stereocenters. The zero-order valence-corrected chi connectivity index (χ0v) is 36.7. The van der Waals surface area contributed by atoms with Gasteiger partial charge in [-0.15, -0.1) is 0 Å². The lowest BCUT2D eigenvalue weighted by Crippen LogP contribution is -2.63. The number of hydrogen-bond acceptors (Lipinski definition) is 14. The molecule has 0 saturated carbocycles. The Hall–Kier alpha value is -3.26. The summed E-state index contributed by atoms with van der Waals surface area (Å²) in [6, 6.07) is 0. The van der Waals surface area contributed by atoms with Crippen LogP contribution in [-0.2, 0) is 66.7 Å². The number of carbonyl (C=O) groups is 6. The molecule has 7 atom stereocenters. The summed E-state index contributed by atoms with van der Waals surface area (Å²) in [4.78, 5) is 70.5. The quantitative estimate of drug-likeness (QED) is 0.0349. The van der Waals surface area contributed by atoms with Gasteiger partial charge in [-0.05, 0) is 32.6 Å². The Morgan fingerprint density at radius 1 is 0.448 bits per heavy atom. The summed E-state index contributed by atoms with van der Waals surface area (Å²) in [6.07, 6.45) is 18.8. The highest BCUT2D eigenvalue weighted by molar-refractivity contribution is 5.69. The topological polar surface area (TPSA) is 176 Å². The van der Waals surface area contributed by atoms with E-state index in [9.17, 15) is 28.8 Å². The van der Waals surface area contributed by atoms with Crippen LogP contribution in [0.25, 0.3) is 0 Å². The SMILES string of the molecule is CC(=O)OC[C@H]1O[C@H](OCC[C@@H](CCCCCCCCCCCCCCCCCCCCC[C@@H](C)OC(C)=O)OC(C)=O)[C@H](OC(C)=O)[C@@H](OC(C)=O)[C@@H]1OC(C)=O. The van der Waals surface area contributed by atoms with Crippen molar-refractivity contribution in [1.29, 1.82) is 0 Å². The van der Waals surface area contributed by atoms with Crippen LogP contribution in [0.5, 0.6) is 0 Å². The van der Waals surface area contributed by atoms with Crippen LogP contribution < -0.4 is 0 Å². The van der Waals surface area contributed by atoms with Crippen molar-refractivity contribution >= 4 is 35.8 Å². The highest BCUT2D eigenvalue weighted by Crippen LogP contribution is 2.30. The first-order chi connectivity index (χ1) is 27.7. The normalized spacial score (nSPS) is 20.0. The van der Waals surface area contributed by atoms with Crippen molar-refractivity contribution in [3.05, 3.63) is 0 Å². The number of esters is 6. The maximum atomic E-state index is 12.1. The fraction of sp³-hybridized carbons (Fsp3) is 0.864. The first kappa shape index (κ1) is 52.8. The van der Waals surface area contributed by atoms with Gasteiger partial charge in [0, 0.05) is 48.0 Å². The summed E-state index contributed by atoms with van der Waals surface area (Å²) < 4.78 is 44.1. The minimum Gasteiger partial charge on any atom is -0.463 e. The summed E-state index contributed by atoms with van der Waals surface area (Å²) in [5.74, 6) is -3.36. The van der Waals surface area contributed by atoms with Crippen LogP contribution in [0, 0.1) is 0 Å². The van der Waals surface area contributed by atoms with Gasteiger partial charge in [0.15, 0.2) is 24.6 Å². The van der Waals surface area contributed by atoms with Crippen LogP contribution in [0.2, 0.25) is 0 Å². The van der Waals surface area contributed by atoms with E-state index in [0.717, 1.165) is 46.0 Å². The molecule has 0 aromatic rings. The van der Waals surface area contributed by atoms with E-state index < -0.39 is 66.7 Å². The minimum atomic E-state index is -1.32. The minimum absolute atomic E-state index is 0.0360. The number of ether oxygens (including phenoxy) is 8. The Morgan fingerprint density at radius 2 is 0.845 bits per heavy atom. The number of hydrogen-bond donors (Lipinski definition) is 0. The Balaban J connectivity index is 2.32. The van der Waals surface area contributed by atoms with Crippen LogP contribution in [-0.4, -0.2) is 91.9 Å². The van der Waals surface area contributed by atoms with Gasteiger partial charge in [-0.3, -0.25) is 28.8 Å². The van der Waals surface area contributed by atoms with E-state index in [1.165, 1.54) is 124 Å². The van der Waals surface area contributed by atoms with Gasteiger partial charge >= 0.3 is 35.8 Å². The molecule has 0 spiro atoms. The van der Waals surface area contributed by atoms with Crippen molar-refractivity contribution < 1.29 is 66.7 Å². The van der Waals surface area contributed by atoms with Crippen LogP contribution in [0.15, 0.2) is 0 Å². The molecule has 0 aromatic heterocycles. The van der Waals surface area contributed by atoms with Crippen LogP contribution in [0.4, 0.5) is 0 Å². The molecule has 1 rings (SSSR count). The molecule has 0 amide bonds. The average Bonchev–Trinajstić information content (AvgIpc) is 3.12. The second-order valence-electron chi connectivity index (χ2n) is 15.7. The average molecular weight is 829 g/mol. The smallest absolute Gasteiger partial charge is 0.303 e. The summed E-state index contributed by atoms with van der Waals surface area (Å²) >= 11 is 0. The zero-order valence-electron chi connectivity index (χ0n) is 36.7. The molecule has 336 valence electrons. The molecule has 0 radical (unpaired) electrons. The summed E-state index contributed by atoms with van der Waals surface area (Å²) in [5, 5.41) is 0. The third kappa shape index (κ3) is 27.4. The Bertz CT molecular complexity index is 1170. The largest absolute Gasteiger partial charge is 0.463 e. The molecule has 1 saturated heterocycles.